The van der Waals surface area contributed by atoms with Gasteiger partial charge < -0.3 is 0 Å². The smallest absolute Gasteiger partial charge is 0.267 e. The number of hydrogen-bond acceptors (Lipinski definition) is 2. The number of carbonyl (C=O) groups is 1. The van der Waals surface area contributed by atoms with Gasteiger partial charge in [-0.1, -0.05) is 77.1 Å². The predicted molar refractivity (Wildman–Crippen MR) is 105 cm³/mol. The standard InChI is InChI=1S/C22H28N2O/c1-16(2)15-20(17-9-7-6-8-10-17)23-24-21(25)18-11-13-19(14-12-18)22(3,4)5/h6-14,16H,15H2,1-5H3,(H,24,25)/b23-20+. The van der Waals surface area contributed by atoms with E-state index < -0.39 is 0 Å². The zero-order valence-electron chi connectivity index (χ0n) is 15.8. The lowest BCUT2D eigenvalue weighted by Gasteiger charge is -2.18. The molecule has 0 aliphatic heterocycles. The zero-order chi connectivity index (χ0) is 18.4. The maximum absolute atomic E-state index is 12.4. The summed E-state index contributed by atoms with van der Waals surface area (Å²) < 4.78 is 0. The van der Waals surface area contributed by atoms with Crippen LogP contribution < -0.4 is 5.43 Å². The Morgan fingerprint density at radius 3 is 2.08 bits per heavy atom. The highest BCUT2D eigenvalue weighted by Gasteiger charge is 2.14. The third-order valence-electron chi connectivity index (χ3n) is 4.01. The van der Waals surface area contributed by atoms with Crippen LogP contribution >= 0.6 is 0 Å². The third kappa shape index (κ3) is 5.56. The molecule has 0 unspecified atom stereocenters. The van der Waals surface area contributed by atoms with Gasteiger partial charge in [-0.05, 0) is 41.0 Å². The lowest BCUT2D eigenvalue weighted by molar-refractivity contribution is 0.0954. The van der Waals surface area contributed by atoms with Gasteiger partial charge in [0.2, 0.25) is 0 Å². The first-order valence-corrected chi connectivity index (χ1v) is 8.80. The average molecular weight is 336 g/mol. The van der Waals surface area contributed by atoms with E-state index in [0.717, 1.165) is 17.7 Å². The molecule has 0 saturated carbocycles. The number of nitrogens with one attached hydrogen (secondary N) is 1. The van der Waals surface area contributed by atoms with Gasteiger partial charge in [-0.15, -0.1) is 0 Å². The molecule has 25 heavy (non-hydrogen) atoms. The molecule has 0 saturated heterocycles. The molecular weight excluding hydrogens is 308 g/mol. The molecule has 2 aromatic carbocycles. The molecule has 0 fully saturated rings. The van der Waals surface area contributed by atoms with Crippen LogP contribution in [0.1, 0.15) is 62.5 Å². The summed E-state index contributed by atoms with van der Waals surface area (Å²) >= 11 is 0. The van der Waals surface area contributed by atoms with Crippen molar-refractivity contribution in [2.24, 2.45) is 11.0 Å². The minimum atomic E-state index is -0.183. The van der Waals surface area contributed by atoms with Gasteiger partial charge in [-0.3, -0.25) is 4.79 Å². The normalized spacial score (nSPS) is 12.3. The van der Waals surface area contributed by atoms with E-state index in [4.69, 9.17) is 0 Å². The summed E-state index contributed by atoms with van der Waals surface area (Å²) in [7, 11) is 0. The number of hydrazone groups is 1. The van der Waals surface area contributed by atoms with Gasteiger partial charge in [-0.2, -0.15) is 5.10 Å². The molecule has 0 aliphatic carbocycles. The second-order valence-electron chi connectivity index (χ2n) is 7.79. The fourth-order valence-corrected chi connectivity index (χ4v) is 2.55. The van der Waals surface area contributed by atoms with E-state index in [2.05, 4.69) is 45.1 Å². The van der Waals surface area contributed by atoms with Crippen LogP contribution in [0.3, 0.4) is 0 Å². The fourth-order valence-electron chi connectivity index (χ4n) is 2.55. The first kappa shape index (κ1) is 18.9. The lowest BCUT2D eigenvalue weighted by Crippen LogP contribution is -2.21. The van der Waals surface area contributed by atoms with Crippen molar-refractivity contribution in [2.45, 2.75) is 46.5 Å². The molecule has 1 amide bonds. The summed E-state index contributed by atoms with van der Waals surface area (Å²) in [5.74, 6) is 0.277. The highest BCUT2D eigenvalue weighted by atomic mass is 16.2. The van der Waals surface area contributed by atoms with Crippen LogP contribution in [-0.2, 0) is 5.41 Å². The Balaban J connectivity index is 2.15. The highest BCUT2D eigenvalue weighted by Crippen LogP contribution is 2.22. The van der Waals surface area contributed by atoms with Crippen LogP contribution in [-0.4, -0.2) is 11.6 Å². The fraction of sp³-hybridized carbons (Fsp3) is 0.364. The first-order chi connectivity index (χ1) is 11.8. The Bertz CT molecular complexity index is 723. The van der Waals surface area contributed by atoms with Crippen molar-refractivity contribution >= 4 is 11.6 Å². The van der Waals surface area contributed by atoms with Gasteiger partial charge in [0.05, 0.1) is 5.71 Å². The number of benzene rings is 2. The molecule has 0 heterocycles. The van der Waals surface area contributed by atoms with Crippen LogP contribution in [0.4, 0.5) is 0 Å². The molecule has 0 aliphatic rings. The van der Waals surface area contributed by atoms with Crippen LogP contribution in [0, 0.1) is 5.92 Å². The number of rotatable bonds is 5. The molecule has 2 aromatic rings. The molecule has 0 aromatic heterocycles. The molecular formula is C22H28N2O. The van der Waals surface area contributed by atoms with Crippen LogP contribution in [0.15, 0.2) is 59.7 Å². The molecule has 1 N–H and O–H groups in total. The van der Waals surface area contributed by atoms with Crippen molar-refractivity contribution in [2.75, 3.05) is 0 Å². The zero-order valence-corrected chi connectivity index (χ0v) is 15.8. The van der Waals surface area contributed by atoms with Gasteiger partial charge in [-0.25, -0.2) is 5.43 Å². The Morgan fingerprint density at radius 2 is 1.56 bits per heavy atom. The van der Waals surface area contributed by atoms with E-state index in [-0.39, 0.29) is 11.3 Å². The Kier molecular flexibility index (Phi) is 6.13. The topological polar surface area (TPSA) is 41.5 Å². The van der Waals surface area contributed by atoms with Crippen LogP contribution in [0.25, 0.3) is 0 Å². The van der Waals surface area contributed by atoms with E-state index >= 15 is 0 Å². The van der Waals surface area contributed by atoms with E-state index in [0.29, 0.717) is 11.5 Å². The van der Waals surface area contributed by atoms with Crippen molar-refractivity contribution < 1.29 is 4.79 Å². The van der Waals surface area contributed by atoms with Crippen molar-refractivity contribution in [3.05, 3.63) is 71.3 Å². The van der Waals surface area contributed by atoms with Crippen molar-refractivity contribution in [3.63, 3.8) is 0 Å². The summed E-state index contributed by atoms with van der Waals surface area (Å²) in [4.78, 5) is 12.4. The van der Waals surface area contributed by atoms with Crippen molar-refractivity contribution in [1.82, 2.24) is 5.43 Å². The van der Waals surface area contributed by atoms with E-state index in [1.165, 1.54) is 5.56 Å². The number of amides is 1. The van der Waals surface area contributed by atoms with Gasteiger partial charge in [0.1, 0.15) is 0 Å². The number of hydrogen-bond donors (Lipinski definition) is 1. The van der Waals surface area contributed by atoms with Gasteiger partial charge >= 0.3 is 0 Å². The maximum atomic E-state index is 12.4. The Labute approximate surface area is 151 Å². The summed E-state index contributed by atoms with van der Waals surface area (Å²) in [6.45, 7) is 10.8. The molecule has 0 bridgehead atoms. The van der Waals surface area contributed by atoms with E-state index in [1.54, 1.807) is 0 Å². The van der Waals surface area contributed by atoms with E-state index in [9.17, 15) is 4.79 Å². The molecule has 0 spiro atoms. The van der Waals surface area contributed by atoms with Crippen LogP contribution in [0.5, 0.6) is 0 Å². The number of nitrogens with zero attached hydrogens (tertiary/aromatic N) is 1. The highest BCUT2D eigenvalue weighted by molar-refractivity contribution is 6.02. The number of carbonyl (C=O) groups excluding carboxylic acids is 1. The van der Waals surface area contributed by atoms with Gasteiger partial charge in [0.15, 0.2) is 0 Å². The molecule has 3 heteroatoms. The third-order valence-corrected chi connectivity index (χ3v) is 4.01. The quantitative estimate of drug-likeness (QED) is 0.594. The summed E-state index contributed by atoms with van der Waals surface area (Å²) in [5.41, 5.74) is 6.55. The Morgan fingerprint density at radius 1 is 0.960 bits per heavy atom. The molecule has 2 rings (SSSR count). The Hall–Kier alpha value is -2.42. The largest absolute Gasteiger partial charge is 0.271 e. The predicted octanol–water partition coefficient (Wildman–Crippen LogP) is 5.16. The second kappa shape index (κ2) is 8.11. The van der Waals surface area contributed by atoms with Crippen LogP contribution in [0.2, 0.25) is 0 Å². The molecule has 132 valence electrons. The monoisotopic (exact) mass is 336 g/mol. The van der Waals surface area contributed by atoms with Crippen molar-refractivity contribution in [3.8, 4) is 0 Å². The minimum absolute atomic E-state index is 0.0743. The lowest BCUT2D eigenvalue weighted by atomic mass is 9.87. The van der Waals surface area contributed by atoms with Gasteiger partial charge in [0, 0.05) is 5.56 Å². The maximum Gasteiger partial charge on any atom is 0.271 e. The molecule has 0 atom stereocenters. The SMILES string of the molecule is CC(C)C/C(=N\NC(=O)c1ccc(C(C)(C)C)cc1)c1ccccc1. The molecule has 3 nitrogen and oxygen atoms in total. The first-order valence-electron chi connectivity index (χ1n) is 8.80. The van der Waals surface area contributed by atoms with Crippen molar-refractivity contribution in [1.29, 1.82) is 0 Å². The van der Waals surface area contributed by atoms with Gasteiger partial charge in [0.25, 0.3) is 5.91 Å². The molecule has 0 radical (unpaired) electrons. The average Bonchev–Trinajstić information content (AvgIpc) is 2.58. The summed E-state index contributed by atoms with van der Waals surface area (Å²) in [5, 5.41) is 4.40. The minimum Gasteiger partial charge on any atom is -0.267 e. The second-order valence-corrected chi connectivity index (χ2v) is 7.79. The summed E-state index contributed by atoms with van der Waals surface area (Å²) in [6.07, 6.45) is 0.813. The summed E-state index contributed by atoms with van der Waals surface area (Å²) in [6, 6.07) is 17.7. The van der Waals surface area contributed by atoms with E-state index in [1.807, 2.05) is 54.6 Å².